The number of hydrogen-bond acceptors (Lipinski definition) is 2. The molecule has 0 bridgehead atoms. The number of aromatic nitrogens is 2. The van der Waals surface area contributed by atoms with E-state index in [2.05, 4.69) is 132 Å². The van der Waals surface area contributed by atoms with Crippen LogP contribution in [0.5, 0.6) is 0 Å². The van der Waals surface area contributed by atoms with E-state index in [-0.39, 0.29) is 0 Å². The van der Waals surface area contributed by atoms with E-state index < -0.39 is 0 Å². The second-order valence-corrected chi connectivity index (χ2v) is 12.0. The fourth-order valence-corrected chi connectivity index (χ4v) is 5.81. The molecular weight excluding hydrogens is 585 g/mol. The van der Waals surface area contributed by atoms with Crippen molar-refractivity contribution in [1.29, 1.82) is 0 Å². The molecule has 4 heteroatoms. The lowest BCUT2D eigenvalue weighted by molar-refractivity contribution is 1.23. The van der Waals surface area contributed by atoms with Crippen LogP contribution in [-0.4, -0.2) is 21.4 Å². The number of aryl methyl sites for hydroxylation is 2. The maximum absolute atomic E-state index is 4.76. The Morgan fingerprint density at radius 3 is 1.21 bits per heavy atom. The van der Waals surface area contributed by atoms with Crippen molar-refractivity contribution in [3.63, 3.8) is 0 Å². The molecule has 0 aliphatic carbocycles. The van der Waals surface area contributed by atoms with Crippen molar-refractivity contribution >= 4 is 22.6 Å². The molecule has 0 amide bonds. The monoisotopic (exact) mass is 618 g/mol. The van der Waals surface area contributed by atoms with Crippen LogP contribution in [0, 0.1) is 37.5 Å². The average molecular weight is 619 g/mol. The number of rotatable bonds is 4. The fraction of sp³-hybridized carbons (Fsp3) is 0.0909. The number of nitrogens with zero attached hydrogens (tertiary/aromatic N) is 2. The first kappa shape index (κ1) is 30.3. The third-order valence-electron chi connectivity index (χ3n) is 8.23. The Morgan fingerprint density at radius 2 is 0.875 bits per heavy atom. The van der Waals surface area contributed by atoms with Gasteiger partial charge in [0.15, 0.2) is 0 Å². The highest BCUT2D eigenvalue weighted by atomic mass is 14.8. The van der Waals surface area contributed by atoms with Crippen molar-refractivity contribution in [1.82, 2.24) is 9.97 Å². The first-order valence-electron chi connectivity index (χ1n) is 16.0. The number of nitrogens with one attached hydrogen (secondary N) is 2. The first-order chi connectivity index (χ1) is 23.4. The highest BCUT2D eigenvalue weighted by Gasteiger charge is 2.16. The van der Waals surface area contributed by atoms with Gasteiger partial charge in [-0.25, -0.2) is 0 Å². The van der Waals surface area contributed by atoms with E-state index in [9.17, 15) is 0 Å². The standard InChI is InChI=1S/C44H34N4/c1-29-9-25-39(45-29)43(40-26-10-30(2)46-40)37-21-15-33(16-22-37)13-19-35-7-5-6-8-36(35)20-14-34-17-23-38(24-18-34)44(41-27-11-31(3)47-41)42-28-12-32(4)48-42/h5-12,15-18,21-28,45,47H,1-4H3/b43-40+,44-42+. The Kier molecular flexibility index (Phi) is 8.31. The summed E-state index contributed by atoms with van der Waals surface area (Å²) in [6.07, 6.45) is 8.24. The van der Waals surface area contributed by atoms with Crippen LogP contribution in [0.1, 0.15) is 70.0 Å². The zero-order chi connectivity index (χ0) is 33.0. The quantitative estimate of drug-likeness (QED) is 0.189. The minimum absolute atomic E-state index is 0.895. The van der Waals surface area contributed by atoms with E-state index in [1.807, 2.05) is 50.3 Å². The second-order valence-electron chi connectivity index (χ2n) is 12.0. The molecule has 4 nitrogen and oxygen atoms in total. The lowest BCUT2D eigenvalue weighted by atomic mass is 9.99. The Morgan fingerprint density at radius 1 is 0.458 bits per heavy atom. The molecule has 0 radical (unpaired) electrons. The van der Waals surface area contributed by atoms with Gasteiger partial charge in [0.1, 0.15) is 0 Å². The van der Waals surface area contributed by atoms with Gasteiger partial charge in [-0.1, -0.05) is 60.1 Å². The van der Waals surface area contributed by atoms with Gasteiger partial charge in [-0.3, -0.25) is 9.98 Å². The highest BCUT2D eigenvalue weighted by molar-refractivity contribution is 6.00. The van der Waals surface area contributed by atoms with E-state index in [0.717, 1.165) is 90.1 Å². The summed E-state index contributed by atoms with van der Waals surface area (Å²) in [7, 11) is 0. The smallest absolute Gasteiger partial charge is 0.0732 e. The lowest BCUT2D eigenvalue weighted by Crippen LogP contribution is -1.93. The topological polar surface area (TPSA) is 56.3 Å². The maximum Gasteiger partial charge on any atom is 0.0732 e. The molecule has 0 saturated heterocycles. The minimum Gasteiger partial charge on any atom is -0.359 e. The van der Waals surface area contributed by atoms with Crippen molar-refractivity contribution in [3.05, 3.63) is 189 Å². The molecule has 0 fully saturated rings. The third-order valence-corrected chi connectivity index (χ3v) is 8.23. The zero-order valence-corrected chi connectivity index (χ0v) is 27.4. The zero-order valence-electron chi connectivity index (χ0n) is 27.4. The minimum atomic E-state index is 0.895. The molecule has 0 spiro atoms. The number of H-pyrrole nitrogens is 2. The van der Waals surface area contributed by atoms with Crippen LogP contribution in [0.2, 0.25) is 0 Å². The Labute approximate surface area is 282 Å². The van der Waals surface area contributed by atoms with Crippen LogP contribution < -0.4 is 0 Å². The Balaban J connectivity index is 1.13. The molecule has 3 aromatic carbocycles. The average Bonchev–Trinajstić information content (AvgIpc) is 3.91. The van der Waals surface area contributed by atoms with E-state index in [4.69, 9.17) is 9.98 Å². The number of benzene rings is 3. The van der Waals surface area contributed by atoms with Gasteiger partial charge in [-0.2, -0.15) is 0 Å². The van der Waals surface area contributed by atoms with Crippen LogP contribution in [0.4, 0.5) is 0 Å². The van der Waals surface area contributed by atoms with Crippen LogP contribution >= 0.6 is 0 Å². The van der Waals surface area contributed by atoms with E-state index in [0.29, 0.717) is 0 Å². The summed E-state index contributed by atoms with van der Waals surface area (Å²) in [5.41, 5.74) is 16.2. The summed E-state index contributed by atoms with van der Waals surface area (Å²) in [6.45, 7) is 8.16. The van der Waals surface area contributed by atoms with E-state index in [1.54, 1.807) is 0 Å². The van der Waals surface area contributed by atoms with Gasteiger partial charge in [0.25, 0.3) is 0 Å². The van der Waals surface area contributed by atoms with Gasteiger partial charge >= 0.3 is 0 Å². The number of hydrogen-bond donors (Lipinski definition) is 2. The summed E-state index contributed by atoms with van der Waals surface area (Å²) < 4.78 is 0. The summed E-state index contributed by atoms with van der Waals surface area (Å²) in [5, 5.41) is 0. The molecule has 5 aromatic rings. The van der Waals surface area contributed by atoms with Crippen molar-refractivity contribution < 1.29 is 0 Å². The first-order valence-corrected chi connectivity index (χ1v) is 16.0. The van der Waals surface area contributed by atoms with Crippen LogP contribution in [-0.2, 0) is 0 Å². The predicted octanol–water partition coefficient (Wildman–Crippen LogP) is 9.34. The molecule has 230 valence electrons. The summed E-state index contributed by atoms with van der Waals surface area (Å²) >= 11 is 0. The molecule has 48 heavy (non-hydrogen) atoms. The molecule has 0 unspecified atom stereocenters. The van der Waals surface area contributed by atoms with Crippen molar-refractivity contribution in [3.8, 4) is 23.7 Å². The fourth-order valence-electron chi connectivity index (χ4n) is 5.81. The van der Waals surface area contributed by atoms with Gasteiger partial charge in [0, 0.05) is 67.6 Å². The molecule has 0 saturated carbocycles. The SMILES string of the molecule is CC1=N/C(=C(\c2ccc(C#Cc3ccccc3C#Cc3ccc(/C(=C4/C=CC(C)=N4)c4ccc(C)[nH]4)cc3)cc2)c2ccc(C)[nH]2)C=C1. The van der Waals surface area contributed by atoms with Crippen LogP contribution in [0.3, 0.4) is 0 Å². The van der Waals surface area contributed by atoms with Gasteiger partial charge in [0.05, 0.1) is 11.4 Å². The van der Waals surface area contributed by atoms with E-state index >= 15 is 0 Å². The van der Waals surface area contributed by atoms with Crippen molar-refractivity contribution in [2.24, 2.45) is 9.98 Å². The van der Waals surface area contributed by atoms with E-state index in [1.165, 1.54) is 0 Å². The summed E-state index contributed by atoms with van der Waals surface area (Å²) in [6, 6.07) is 33.2. The van der Waals surface area contributed by atoms with Crippen molar-refractivity contribution in [2.45, 2.75) is 27.7 Å². The van der Waals surface area contributed by atoms with Gasteiger partial charge in [-0.05, 0) is 124 Å². The Hall–Kier alpha value is -6.36. The van der Waals surface area contributed by atoms with Crippen LogP contribution in [0.15, 0.2) is 143 Å². The third kappa shape index (κ3) is 6.61. The number of aromatic amines is 2. The number of allylic oxidation sites excluding steroid dienone is 4. The number of aliphatic imine (C=N–C) groups is 2. The van der Waals surface area contributed by atoms with Crippen molar-refractivity contribution in [2.75, 3.05) is 0 Å². The summed E-state index contributed by atoms with van der Waals surface area (Å²) in [5.74, 6) is 13.4. The van der Waals surface area contributed by atoms with Gasteiger partial charge in [0.2, 0.25) is 0 Å². The molecule has 4 heterocycles. The predicted molar refractivity (Wildman–Crippen MR) is 199 cm³/mol. The molecule has 0 atom stereocenters. The molecule has 2 aliphatic rings. The molecular formula is C44H34N4. The largest absolute Gasteiger partial charge is 0.359 e. The van der Waals surface area contributed by atoms with Gasteiger partial charge < -0.3 is 9.97 Å². The maximum atomic E-state index is 4.76. The van der Waals surface area contributed by atoms with Gasteiger partial charge in [-0.15, -0.1) is 0 Å². The molecule has 2 N–H and O–H groups in total. The highest BCUT2D eigenvalue weighted by Crippen LogP contribution is 2.31. The Bertz CT molecular complexity index is 2190. The molecule has 2 aromatic heterocycles. The summed E-state index contributed by atoms with van der Waals surface area (Å²) in [4.78, 5) is 16.5. The lowest BCUT2D eigenvalue weighted by Gasteiger charge is -2.09. The molecule has 7 rings (SSSR count). The normalized spacial score (nSPS) is 15.3. The second kappa shape index (κ2) is 13.2. The van der Waals surface area contributed by atoms with Crippen LogP contribution in [0.25, 0.3) is 11.1 Å². The molecule has 2 aliphatic heterocycles.